The van der Waals surface area contributed by atoms with Gasteiger partial charge in [-0.15, -0.1) is 0 Å². The van der Waals surface area contributed by atoms with Gasteiger partial charge in [-0.05, 0) is 25.3 Å². The number of hydrogen-bond acceptors (Lipinski definition) is 1. The molecule has 1 aliphatic carbocycles. The number of thiocarbonyl (C=S) groups is 1. The Hall–Kier alpha value is -0.630. The summed E-state index contributed by atoms with van der Waals surface area (Å²) in [5.74, 6) is 0. The van der Waals surface area contributed by atoms with Crippen molar-refractivity contribution >= 4 is 17.1 Å². The third kappa shape index (κ3) is 0.797. The summed E-state index contributed by atoms with van der Waals surface area (Å²) in [6.07, 6.45) is 5.46. The summed E-state index contributed by atoms with van der Waals surface area (Å²) in [4.78, 5) is 4.33. The van der Waals surface area contributed by atoms with Crippen LogP contribution in [0, 0.1) is 0 Å². The summed E-state index contributed by atoms with van der Waals surface area (Å²) < 4.78 is 0. The lowest BCUT2D eigenvalue weighted by atomic mass is 9.98. The normalized spacial score (nSPS) is 17.0. The SMILES string of the molecule is S=C1CCCc2[nH]ccc21. The Labute approximate surface area is 65.5 Å². The van der Waals surface area contributed by atoms with E-state index in [-0.39, 0.29) is 0 Å². The van der Waals surface area contributed by atoms with E-state index < -0.39 is 0 Å². The van der Waals surface area contributed by atoms with Gasteiger partial charge in [0.15, 0.2) is 0 Å². The van der Waals surface area contributed by atoms with Crippen molar-refractivity contribution in [2.24, 2.45) is 0 Å². The minimum Gasteiger partial charge on any atom is -0.364 e. The molecule has 0 radical (unpaired) electrons. The molecule has 1 aromatic rings. The van der Waals surface area contributed by atoms with Crippen molar-refractivity contribution in [3.63, 3.8) is 0 Å². The van der Waals surface area contributed by atoms with E-state index in [1.807, 2.05) is 6.20 Å². The molecular formula is C8H9NS. The van der Waals surface area contributed by atoms with Gasteiger partial charge < -0.3 is 4.98 Å². The minimum atomic E-state index is 1.10. The lowest BCUT2D eigenvalue weighted by Gasteiger charge is -2.10. The summed E-state index contributed by atoms with van der Waals surface area (Å²) in [6.45, 7) is 0. The Morgan fingerprint density at radius 3 is 3.10 bits per heavy atom. The molecule has 1 aromatic heterocycles. The molecule has 2 heteroatoms. The first-order valence-corrected chi connectivity index (χ1v) is 3.98. The number of fused-ring (bicyclic) bond motifs is 1. The molecule has 10 heavy (non-hydrogen) atoms. The molecule has 1 N–H and O–H groups in total. The predicted octanol–water partition coefficient (Wildman–Crippen LogP) is 2.07. The summed E-state index contributed by atoms with van der Waals surface area (Å²) in [6, 6.07) is 2.08. The van der Waals surface area contributed by atoms with Gasteiger partial charge in [0.2, 0.25) is 0 Å². The van der Waals surface area contributed by atoms with Gasteiger partial charge in [-0.25, -0.2) is 0 Å². The number of hydrogen-bond donors (Lipinski definition) is 1. The maximum atomic E-state index is 5.19. The van der Waals surface area contributed by atoms with E-state index in [1.54, 1.807) is 0 Å². The summed E-state index contributed by atoms with van der Waals surface area (Å²) >= 11 is 5.19. The summed E-state index contributed by atoms with van der Waals surface area (Å²) in [5.41, 5.74) is 2.61. The van der Waals surface area contributed by atoms with Gasteiger partial charge in [0, 0.05) is 22.3 Å². The van der Waals surface area contributed by atoms with E-state index in [0.717, 1.165) is 11.3 Å². The lowest BCUT2D eigenvalue weighted by molar-refractivity contribution is 0.827. The quantitative estimate of drug-likeness (QED) is 0.561. The summed E-state index contributed by atoms with van der Waals surface area (Å²) in [5, 5.41) is 0. The first-order chi connectivity index (χ1) is 4.88. The molecule has 0 amide bonds. The smallest absolute Gasteiger partial charge is 0.0242 e. The maximum Gasteiger partial charge on any atom is 0.0242 e. The second-order valence-corrected chi connectivity index (χ2v) is 3.14. The zero-order valence-electron chi connectivity index (χ0n) is 5.68. The van der Waals surface area contributed by atoms with Gasteiger partial charge in [-0.3, -0.25) is 0 Å². The molecule has 1 heterocycles. The third-order valence-corrected chi connectivity index (χ3v) is 2.39. The van der Waals surface area contributed by atoms with Crippen molar-refractivity contribution in [3.05, 3.63) is 23.5 Å². The number of aromatic nitrogens is 1. The van der Waals surface area contributed by atoms with E-state index in [1.165, 1.54) is 24.1 Å². The molecule has 0 spiro atoms. The van der Waals surface area contributed by atoms with Crippen molar-refractivity contribution in [3.8, 4) is 0 Å². The van der Waals surface area contributed by atoms with Crippen LogP contribution in [-0.4, -0.2) is 9.85 Å². The fraction of sp³-hybridized carbons (Fsp3) is 0.375. The van der Waals surface area contributed by atoms with Crippen LogP contribution in [0.1, 0.15) is 24.1 Å². The van der Waals surface area contributed by atoms with Crippen LogP contribution in [0.4, 0.5) is 0 Å². The molecule has 0 bridgehead atoms. The molecule has 1 aliphatic rings. The van der Waals surface area contributed by atoms with Gasteiger partial charge in [0.25, 0.3) is 0 Å². The molecular weight excluding hydrogens is 142 g/mol. The maximum absolute atomic E-state index is 5.19. The zero-order valence-corrected chi connectivity index (χ0v) is 6.50. The van der Waals surface area contributed by atoms with E-state index >= 15 is 0 Å². The first-order valence-electron chi connectivity index (χ1n) is 3.57. The number of rotatable bonds is 0. The minimum absolute atomic E-state index is 1.10. The van der Waals surface area contributed by atoms with Crippen LogP contribution >= 0.6 is 12.2 Å². The van der Waals surface area contributed by atoms with Crippen LogP contribution in [0.5, 0.6) is 0 Å². The average molecular weight is 151 g/mol. The summed E-state index contributed by atoms with van der Waals surface area (Å²) in [7, 11) is 0. The first kappa shape index (κ1) is 6.10. The van der Waals surface area contributed by atoms with Crippen LogP contribution in [-0.2, 0) is 6.42 Å². The highest BCUT2D eigenvalue weighted by Crippen LogP contribution is 2.19. The number of aryl methyl sites for hydroxylation is 1. The molecule has 0 fully saturated rings. The molecule has 0 atom stereocenters. The number of H-pyrrole nitrogens is 1. The van der Waals surface area contributed by atoms with E-state index in [0.29, 0.717) is 0 Å². The predicted molar refractivity (Wildman–Crippen MR) is 45.4 cm³/mol. The third-order valence-electron chi connectivity index (χ3n) is 1.96. The highest BCUT2D eigenvalue weighted by atomic mass is 32.1. The zero-order chi connectivity index (χ0) is 6.97. The van der Waals surface area contributed by atoms with Crippen molar-refractivity contribution in [2.45, 2.75) is 19.3 Å². The Morgan fingerprint density at radius 1 is 1.40 bits per heavy atom. The molecule has 1 nitrogen and oxygen atoms in total. The van der Waals surface area contributed by atoms with Crippen molar-refractivity contribution in [2.75, 3.05) is 0 Å². The standard InChI is InChI=1S/C8H9NS/c10-8-3-1-2-7-6(8)4-5-9-7/h4-5,9H,1-3H2. The Kier molecular flexibility index (Phi) is 1.34. The molecule has 0 saturated heterocycles. The molecule has 2 rings (SSSR count). The van der Waals surface area contributed by atoms with E-state index in [4.69, 9.17) is 12.2 Å². The molecule has 0 aromatic carbocycles. The Bertz CT molecular complexity index is 262. The highest BCUT2D eigenvalue weighted by Gasteiger charge is 2.13. The van der Waals surface area contributed by atoms with Crippen molar-refractivity contribution in [1.29, 1.82) is 0 Å². The van der Waals surface area contributed by atoms with Crippen LogP contribution in [0.25, 0.3) is 0 Å². The fourth-order valence-corrected chi connectivity index (χ4v) is 1.77. The average Bonchev–Trinajstić information content (AvgIpc) is 2.36. The second kappa shape index (κ2) is 2.20. The van der Waals surface area contributed by atoms with Gasteiger partial charge in [0.1, 0.15) is 0 Å². The Morgan fingerprint density at radius 2 is 2.30 bits per heavy atom. The fourth-order valence-electron chi connectivity index (χ4n) is 1.43. The van der Waals surface area contributed by atoms with Crippen molar-refractivity contribution in [1.82, 2.24) is 4.98 Å². The molecule has 0 unspecified atom stereocenters. The molecule has 0 aliphatic heterocycles. The van der Waals surface area contributed by atoms with Crippen LogP contribution in [0.3, 0.4) is 0 Å². The highest BCUT2D eigenvalue weighted by molar-refractivity contribution is 7.80. The van der Waals surface area contributed by atoms with Gasteiger partial charge >= 0.3 is 0 Å². The monoisotopic (exact) mass is 151 g/mol. The van der Waals surface area contributed by atoms with E-state index in [9.17, 15) is 0 Å². The molecule has 0 saturated carbocycles. The second-order valence-electron chi connectivity index (χ2n) is 2.65. The molecule has 52 valence electrons. The van der Waals surface area contributed by atoms with Crippen LogP contribution in [0.15, 0.2) is 12.3 Å². The number of aromatic amines is 1. The van der Waals surface area contributed by atoms with Crippen molar-refractivity contribution < 1.29 is 0 Å². The van der Waals surface area contributed by atoms with Gasteiger partial charge in [0.05, 0.1) is 0 Å². The lowest BCUT2D eigenvalue weighted by Crippen LogP contribution is -2.07. The van der Waals surface area contributed by atoms with Gasteiger partial charge in [-0.1, -0.05) is 12.2 Å². The van der Waals surface area contributed by atoms with E-state index in [2.05, 4.69) is 11.1 Å². The Balaban J connectivity index is 2.50. The van der Waals surface area contributed by atoms with Crippen LogP contribution < -0.4 is 0 Å². The van der Waals surface area contributed by atoms with Gasteiger partial charge in [-0.2, -0.15) is 0 Å². The largest absolute Gasteiger partial charge is 0.364 e. The van der Waals surface area contributed by atoms with Crippen LogP contribution in [0.2, 0.25) is 0 Å². The topological polar surface area (TPSA) is 15.8 Å². The number of nitrogens with one attached hydrogen (secondary N) is 1.